The molecule has 2 aromatic rings. The maximum Gasteiger partial charge on any atom is 0.303 e. The molecule has 5 heteroatoms. The van der Waals surface area contributed by atoms with Crippen LogP contribution in [-0.2, 0) is 4.79 Å². The number of hydrogen-bond donors (Lipinski definition) is 2. The van der Waals surface area contributed by atoms with Gasteiger partial charge in [0.2, 0.25) is 0 Å². The number of nitrogens with zero attached hydrogens (tertiary/aromatic N) is 1. The maximum absolute atomic E-state index is 10.8. The molecule has 0 unspecified atom stereocenters. The molecule has 0 amide bonds. The Hall–Kier alpha value is -2.04. The third-order valence-corrected chi connectivity index (χ3v) is 2.90. The molecule has 102 valence electrons. The van der Waals surface area contributed by atoms with Gasteiger partial charge in [-0.15, -0.1) is 0 Å². The summed E-state index contributed by atoms with van der Waals surface area (Å²) in [5.74, 6) is -0.146. The van der Waals surface area contributed by atoms with E-state index in [1.165, 1.54) is 0 Å². The number of hydrogen-bond acceptors (Lipinski definition) is 4. The number of aliphatic carboxylic acids is 1. The van der Waals surface area contributed by atoms with Crippen LogP contribution in [0.4, 0.5) is 5.69 Å². The highest BCUT2D eigenvalue weighted by Crippen LogP contribution is 2.23. The zero-order valence-electron chi connectivity index (χ0n) is 11.4. The van der Waals surface area contributed by atoms with Gasteiger partial charge < -0.3 is 14.8 Å². The van der Waals surface area contributed by atoms with Gasteiger partial charge in [0.25, 0.3) is 0 Å². The molecule has 0 fully saturated rings. The molecule has 0 saturated heterocycles. The molecule has 0 bridgehead atoms. The van der Waals surface area contributed by atoms with E-state index in [0.29, 0.717) is 12.4 Å². The molecule has 0 aliphatic heterocycles. The molecule has 0 saturated carbocycles. The summed E-state index contributed by atoms with van der Waals surface area (Å²) in [7, 11) is 0. The highest BCUT2D eigenvalue weighted by Gasteiger charge is 2.21. The summed E-state index contributed by atoms with van der Waals surface area (Å²) in [6, 6.07) is 5.67. The zero-order valence-corrected chi connectivity index (χ0v) is 11.4. The lowest BCUT2D eigenvalue weighted by atomic mass is 9.89. The maximum atomic E-state index is 10.8. The first kappa shape index (κ1) is 13.4. The summed E-state index contributed by atoms with van der Waals surface area (Å²) in [5, 5.41) is 12.1. The second kappa shape index (κ2) is 4.91. The molecule has 19 heavy (non-hydrogen) atoms. The standard InChI is InChI=1S/C14H18N2O3/c1-9-16-11-6-10(4-5-12(11)19-9)15-8-14(2,3)7-13(17)18/h4-6,15H,7-8H2,1-3H3,(H,17,18). The van der Waals surface area contributed by atoms with E-state index in [0.717, 1.165) is 16.8 Å². The fourth-order valence-electron chi connectivity index (χ4n) is 1.97. The molecule has 0 aliphatic rings. The summed E-state index contributed by atoms with van der Waals surface area (Å²) in [5.41, 5.74) is 2.17. The number of nitrogens with one attached hydrogen (secondary N) is 1. The number of oxazole rings is 1. The van der Waals surface area contributed by atoms with Crippen LogP contribution in [0.15, 0.2) is 22.6 Å². The second-order valence-corrected chi connectivity index (χ2v) is 5.50. The van der Waals surface area contributed by atoms with Crippen LogP contribution in [0.1, 0.15) is 26.2 Å². The van der Waals surface area contributed by atoms with E-state index in [1.807, 2.05) is 39.0 Å². The minimum absolute atomic E-state index is 0.130. The van der Waals surface area contributed by atoms with Crippen molar-refractivity contribution >= 4 is 22.8 Å². The summed E-state index contributed by atoms with van der Waals surface area (Å²) in [6.07, 6.45) is 0.130. The van der Waals surface area contributed by atoms with Crippen LogP contribution in [0.2, 0.25) is 0 Å². The highest BCUT2D eigenvalue weighted by molar-refractivity contribution is 5.77. The van der Waals surface area contributed by atoms with Crippen LogP contribution >= 0.6 is 0 Å². The molecule has 1 aromatic heterocycles. The zero-order chi connectivity index (χ0) is 14.0. The third-order valence-electron chi connectivity index (χ3n) is 2.90. The van der Waals surface area contributed by atoms with Gasteiger partial charge in [-0.3, -0.25) is 4.79 Å². The van der Waals surface area contributed by atoms with Crippen LogP contribution in [0.3, 0.4) is 0 Å². The van der Waals surface area contributed by atoms with E-state index in [-0.39, 0.29) is 11.8 Å². The fourth-order valence-corrected chi connectivity index (χ4v) is 1.97. The third kappa shape index (κ3) is 3.47. The Labute approximate surface area is 111 Å². The van der Waals surface area contributed by atoms with Crippen LogP contribution in [-0.4, -0.2) is 22.6 Å². The number of anilines is 1. The van der Waals surface area contributed by atoms with Gasteiger partial charge in [0.15, 0.2) is 11.5 Å². The van der Waals surface area contributed by atoms with Gasteiger partial charge in [-0.1, -0.05) is 13.8 Å². The Morgan fingerprint density at radius 3 is 2.89 bits per heavy atom. The number of carboxylic acids is 1. The molecular formula is C14H18N2O3. The van der Waals surface area contributed by atoms with E-state index in [4.69, 9.17) is 9.52 Å². The second-order valence-electron chi connectivity index (χ2n) is 5.50. The van der Waals surface area contributed by atoms with Crippen LogP contribution in [0, 0.1) is 12.3 Å². The lowest BCUT2D eigenvalue weighted by molar-refractivity contribution is -0.139. The van der Waals surface area contributed by atoms with Gasteiger partial charge in [0.1, 0.15) is 5.52 Å². The van der Waals surface area contributed by atoms with E-state index in [2.05, 4.69) is 10.3 Å². The van der Waals surface area contributed by atoms with Crippen molar-refractivity contribution in [2.75, 3.05) is 11.9 Å². The van der Waals surface area contributed by atoms with Crippen molar-refractivity contribution in [3.05, 3.63) is 24.1 Å². The van der Waals surface area contributed by atoms with Crippen molar-refractivity contribution in [1.82, 2.24) is 4.98 Å². The minimum atomic E-state index is -0.783. The highest BCUT2D eigenvalue weighted by atomic mass is 16.4. The minimum Gasteiger partial charge on any atom is -0.481 e. The van der Waals surface area contributed by atoms with Crippen molar-refractivity contribution in [2.24, 2.45) is 5.41 Å². The Morgan fingerprint density at radius 1 is 1.47 bits per heavy atom. The van der Waals surface area contributed by atoms with E-state index in [1.54, 1.807) is 0 Å². The molecule has 2 rings (SSSR count). The Kier molecular flexibility index (Phi) is 3.46. The van der Waals surface area contributed by atoms with Crippen LogP contribution < -0.4 is 5.32 Å². The topological polar surface area (TPSA) is 75.4 Å². The van der Waals surface area contributed by atoms with Gasteiger partial charge in [-0.25, -0.2) is 4.98 Å². The Bertz CT molecular complexity index is 602. The first-order chi connectivity index (χ1) is 8.85. The van der Waals surface area contributed by atoms with Gasteiger partial charge >= 0.3 is 5.97 Å². The van der Waals surface area contributed by atoms with Gasteiger partial charge in [0, 0.05) is 19.2 Å². The summed E-state index contributed by atoms with van der Waals surface area (Å²) < 4.78 is 5.40. The molecule has 2 N–H and O–H groups in total. The Balaban J connectivity index is 2.07. The lowest BCUT2D eigenvalue weighted by Crippen LogP contribution is -2.26. The van der Waals surface area contributed by atoms with Crippen molar-refractivity contribution in [2.45, 2.75) is 27.2 Å². The number of fused-ring (bicyclic) bond motifs is 1. The normalized spacial score (nSPS) is 11.7. The molecule has 1 aromatic carbocycles. The molecule has 0 atom stereocenters. The average Bonchev–Trinajstić information content (AvgIpc) is 2.64. The van der Waals surface area contributed by atoms with E-state index >= 15 is 0 Å². The summed E-state index contributed by atoms with van der Waals surface area (Å²) >= 11 is 0. The number of rotatable bonds is 5. The molecule has 0 aliphatic carbocycles. The van der Waals surface area contributed by atoms with Crippen molar-refractivity contribution < 1.29 is 14.3 Å². The number of carboxylic acid groups (broad SMARTS) is 1. The van der Waals surface area contributed by atoms with E-state index in [9.17, 15) is 4.79 Å². The molecule has 0 spiro atoms. The van der Waals surface area contributed by atoms with Gasteiger partial charge in [-0.2, -0.15) is 0 Å². The first-order valence-corrected chi connectivity index (χ1v) is 6.19. The first-order valence-electron chi connectivity index (χ1n) is 6.19. The number of aryl methyl sites for hydroxylation is 1. The average molecular weight is 262 g/mol. The van der Waals surface area contributed by atoms with Crippen LogP contribution in [0.5, 0.6) is 0 Å². The van der Waals surface area contributed by atoms with Gasteiger partial charge in [-0.05, 0) is 23.6 Å². The number of benzene rings is 1. The van der Waals surface area contributed by atoms with Crippen molar-refractivity contribution in [3.63, 3.8) is 0 Å². The van der Waals surface area contributed by atoms with E-state index < -0.39 is 5.97 Å². The summed E-state index contributed by atoms with van der Waals surface area (Å²) in [4.78, 5) is 15.0. The number of aromatic nitrogens is 1. The smallest absolute Gasteiger partial charge is 0.303 e. The Morgan fingerprint density at radius 2 is 2.21 bits per heavy atom. The molecular weight excluding hydrogens is 244 g/mol. The largest absolute Gasteiger partial charge is 0.481 e. The summed E-state index contributed by atoms with van der Waals surface area (Å²) in [6.45, 7) is 6.24. The lowest BCUT2D eigenvalue weighted by Gasteiger charge is -2.23. The quantitative estimate of drug-likeness (QED) is 0.866. The fraction of sp³-hybridized carbons (Fsp3) is 0.429. The predicted molar refractivity (Wildman–Crippen MR) is 73.3 cm³/mol. The molecule has 1 heterocycles. The molecule has 5 nitrogen and oxygen atoms in total. The van der Waals surface area contributed by atoms with Crippen molar-refractivity contribution in [1.29, 1.82) is 0 Å². The number of carbonyl (C=O) groups is 1. The molecule has 0 radical (unpaired) electrons. The van der Waals surface area contributed by atoms with Crippen LogP contribution in [0.25, 0.3) is 11.1 Å². The SMILES string of the molecule is Cc1nc2cc(NCC(C)(C)CC(=O)O)ccc2o1. The van der Waals surface area contributed by atoms with Crippen molar-refractivity contribution in [3.8, 4) is 0 Å². The predicted octanol–water partition coefficient (Wildman–Crippen LogP) is 3.05. The monoisotopic (exact) mass is 262 g/mol. The van der Waals surface area contributed by atoms with Gasteiger partial charge in [0.05, 0.1) is 6.42 Å².